The Bertz CT molecular complexity index is 1250. The molecule has 3 heterocycles. The Hall–Kier alpha value is -3.78. The molecule has 1 saturated heterocycles. The molecule has 0 bridgehead atoms. The van der Waals surface area contributed by atoms with Gasteiger partial charge in [-0.05, 0) is 42.0 Å². The predicted molar refractivity (Wildman–Crippen MR) is 117 cm³/mol. The monoisotopic (exact) mass is 417 g/mol. The van der Waals surface area contributed by atoms with E-state index in [4.69, 9.17) is 4.74 Å². The summed E-state index contributed by atoms with van der Waals surface area (Å²) >= 11 is 0. The summed E-state index contributed by atoms with van der Waals surface area (Å²) in [6, 6.07) is 13.6. The van der Waals surface area contributed by atoms with Crippen LogP contribution in [0.15, 0.2) is 60.9 Å². The molecular weight excluding hydrogens is 397 g/mol. The number of fused-ring (bicyclic) bond motifs is 1. The van der Waals surface area contributed by atoms with E-state index >= 15 is 0 Å². The largest absolute Gasteiger partial charge is 0.378 e. The number of nitrogens with one attached hydrogen (secondary N) is 2. The van der Waals surface area contributed by atoms with E-state index in [0.29, 0.717) is 24.3 Å². The number of nitrogens with zero attached hydrogens (tertiary/aromatic N) is 3. The van der Waals surface area contributed by atoms with Crippen LogP contribution in [0.1, 0.15) is 10.5 Å². The number of halogens is 1. The molecule has 8 heteroatoms. The fraction of sp³-hybridized carbons (Fsp3) is 0.174. The number of hydrogen-bond acceptors (Lipinski definition) is 5. The van der Waals surface area contributed by atoms with Gasteiger partial charge < -0.3 is 15.0 Å². The number of ether oxygens (including phenoxy) is 1. The molecule has 0 radical (unpaired) electrons. The zero-order chi connectivity index (χ0) is 21.2. The van der Waals surface area contributed by atoms with Crippen LogP contribution >= 0.6 is 0 Å². The minimum absolute atomic E-state index is 0.249. The second kappa shape index (κ2) is 8.16. The highest BCUT2D eigenvalue weighted by atomic mass is 19.1. The highest BCUT2D eigenvalue weighted by molar-refractivity contribution is 6.11. The molecule has 2 aromatic carbocycles. The van der Waals surface area contributed by atoms with Gasteiger partial charge in [-0.2, -0.15) is 5.10 Å². The lowest BCUT2D eigenvalue weighted by Crippen LogP contribution is -2.36. The molecule has 31 heavy (non-hydrogen) atoms. The van der Waals surface area contributed by atoms with E-state index in [0.717, 1.165) is 35.4 Å². The van der Waals surface area contributed by atoms with Gasteiger partial charge in [-0.25, -0.2) is 4.39 Å². The zero-order valence-electron chi connectivity index (χ0n) is 16.6. The quantitative estimate of drug-likeness (QED) is 0.527. The Labute approximate surface area is 177 Å². The minimum Gasteiger partial charge on any atom is -0.378 e. The van der Waals surface area contributed by atoms with Gasteiger partial charge in [0.05, 0.1) is 30.6 Å². The molecule has 0 atom stereocenters. The number of aromatic nitrogens is 3. The summed E-state index contributed by atoms with van der Waals surface area (Å²) in [5.41, 5.74) is 4.28. The lowest BCUT2D eigenvalue weighted by Gasteiger charge is -2.28. The Balaban J connectivity index is 1.46. The smallest absolute Gasteiger partial charge is 0.276 e. The van der Waals surface area contributed by atoms with Gasteiger partial charge in [0.1, 0.15) is 5.82 Å². The van der Waals surface area contributed by atoms with Crippen molar-refractivity contribution in [2.75, 3.05) is 36.5 Å². The van der Waals surface area contributed by atoms with Gasteiger partial charge in [0, 0.05) is 35.9 Å². The Kier molecular flexibility index (Phi) is 5.05. The summed E-state index contributed by atoms with van der Waals surface area (Å²) in [6.45, 7) is 3.07. The number of hydrogen-bond donors (Lipinski definition) is 2. The highest BCUT2D eigenvalue weighted by Crippen LogP contribution is 2.28. The lowest BCUT2D eigenvalue weighted by atomic mass is 10.0. The molecule has 4 aromatic rings. The number of amides is 1. The summed E-state index contributed by atoms with van der Waals surface area (Å²) < 4.78 is 18.9. The summed E-state index contributed by atoms with van der Waals surface area (Å²) in [5.74, 6) is -0.825. The van der Waals surface area contributed by atoms with Crippen LogP contribution in [-0.2, 0) is 4.74 Å². The number of pyridine rings is 1. The van der Waals surface area contributed by atoms with Crippen molar-refractivity contribution in [1.29, 1.82) is 0 Å². The van der Waals surface area contributed by atoms with Crippen LogP contribution in [-0.4, -0.2) is 47.4 Å². The lowest BCUT2D eigenvalue weighted by molar-refractivity contribution is 0.102. The normalized spacial score (nSPS) is 14.0. The number of anilines is 2. The van der Waals surface area contributed by atoms with Gasteiger partial charge in [-0.3, -0.25) is 14.9 Å². The maximum Gasteiger partial charge on any atom is 0.276 e. The van der Waals surface area contributed by atoms with E-state index in [1.807, 2.05) is 24.4 Å². The van der Waals surface area contributed by atoms with Crippen molar-refractivity contribution < 1.29 is 13.9 Å². The van der Waals surface area contributed by atoms with E-state index in [-0.39, 0.29) is 5.69 Å². The van der Waals surface area contributed by atoms with E-state index in [1.165, 1.54) is 12.1 Å². The maximum atomic E-state index is 13.4. The van der Waals surface area contributed by atoms with Crippen molar-refractivity contribution in [2.45, 2.75) is 0 Å². The molecule has 0 unspecified atom stereocenters. The van der Waals surface area contributed by atoms with Crippen molar-refractivity contribution in [3.8, 4) is 11.1 Å². The number of H-pyrrole nitrogens is 1. The Morgan fingerprint density at radius 1 is 1.06 bits per heavy atom. The van der Waals surface area contributed by atoms with Gasteiger partial charge in [0.15, 0.2) is 5.69 Å². The SMILES string of the molecule is O=C(Nc1cccc(F)c1)c1n[nH]c2ccc(-c3cncc(N4CCOCC4)c3)cc12. The number of aromatic amines is 1. The number of benzene rings is 2. The molecule has 2 N–H and O–H groups in total. The molecular formula is C23H20FN5O2. The van der Waals surface area contributed by atoms with Crippen LogP contribution in [0.5, 0.6) is 0 Å². The Morgan fingerprint density at radius 3 is 2.77 bits per heavy atom. The van der Waals surface area contributed by atoms with E-state index in [1.54, 1.807) is 18.3 Å². The molecule has 0 saturated carbocycles. The van der Waals surface area contributed by atoms with Crippen molar-refractivity contribution in [2.24, 2.45) is 0 Å². The first-order valence-corrected chi connectivity index (χ1v) is 10.0. The first kappa shape index (κ1) is 19.2. The van der Waals surface area contributed by atoms with Crippen molar-refractivity contribution >= 4 is 28.2 Å². The van der Waals surface area contributed by atoms with Gasteiger partial charge >= 0.3 is 0 Å². The van der Waals surface area contributed by atoms with Gasteiger partial charge in [-0.15, -0.1) is 0 Å². The molecule has 1 aliphatic rings. The van der Waals surface area contributed by atoms with Gasteiger partial charge in [-0.1, -0.05) is 12.1 Å². The molecule has 2 aromatic heterocycles. The van der Waals surface area contributed by atoms with Crippen LogP contribution in [0, 0.1) is 5.82 Å². The topological polar surface area (TPSA) is 83.1 Å². The summed E-state index contributed by atoms with van der Waals surface area (Å²) in [5, 5.41) is 10.4. The van der Waals surface area contributed by atoms with Crippen LogP contribution in [0.2, 0.25) is 0 Å². The van der Waals surface area contributed by atoms with E-state index in [2.05, 4.69) is 31.5 Å². The average molecular weight is 417 g/mol. The number of morpholine rings is 1. The van der Waals surface area contributed by atoms with E-state index < -0.39 is 11.7 Å². The number of rotatable bonds is 4. The predicted octanol–water partition coefficient (Wildman–Crippen LogP) is 3.85. The fourth-order valence-corrected chi connectivity index (χ4v) is 3.70. The molecule has 5 rings (SSSR count). The van der Waals surface area contributed by atoms with Crippen LogP contribution in [0.3, 0.4) is 0 Å². The summed E-state index contributed by atoms with van der Waals surface area (Å²) in [4.78, 5) is 19.4. The van der Waals surface area contributed by atoms with Crippen molar-refractivity contribution in [3.63, 3.8) is 0 Å². The average Bonchev–Trinajstić information content (AvgIpc) is 3.23. The van der Waals surface area contributed by atoms with Crippen LogP contribution < -0.4 is 10.2 Å². The number of carbonyl (C=O) groups is 1. The summed E-state index contributed by atoms with van der Waals surface area (Å²) in [6.07, 6.45) is 3.65. The summed E-state index contributed by atoms with van der Waals surface area (Å²) in [7, 11) is 0. The molecule has 7 nitrogen and oxygen atoms in total. The van der Waals surface area contributed by atoms with Gasteiger partial charge in [0.25, 0.3) is 5.91 Å². The molecule has 1 fully saturated rings. The highest BCUT2D eigenvalue weighted by Gasteiger charge is 2.17. The Morgan fingerprint density at radius 2 is 1.94 bits per heavy atom. The van der Waals surface area contributed by atoms with Crippen LogP contribution in [0.25, 0.3) is 22.0 Å². The molecule has 1 amide bonds. The fourth-order valence-electron chi connectivity index (χ4n) is 3.70. The number of carbonyl (C=O) groups excluding carboxylic acids is 1. The molecule has 156 valence electrons. The van der Waals surface area contributed by atoms with Gasteiger partial charge in [0.2, 0.25) is 0 Å². The van der Waals surface area contributed by atoms with Crippen LogP contribution in [0.4, 0.5) is 15.8 Å². The molecule has 1 aliphatic heterocycles. The first-order chi connectivity index (χ1) is 15.2. The van der Waals surface area contributed by atoms with Crippen molar-refractivity contribution in [1.82, 2.24) is 15.2 Å². The second-order valence-electron chi connectivity index (χ2n) is 7.33. The third-order valence-corrected chi connectivity index (χ3v) is 5.29. The molecule has 0 spiro atoms. The third kappa shape index (κ3) is 3.97. The minimum atomic E-state index is -0.417. The van der Waals surface area contributed by atoms with Crippen molar-refractivity contribution in [3.05, 3.63) is 72.4 Å². The third-order valence-electron chi connectivity index (χ3n) is 5.29. The zero-order valence-corrected chi connectivity index (χ0v) is 16.6. The standard InChI is InChI=1S/C23H20FN5O2/c24-17-2-1-3-18(12-17)26-23(30)22-20-11-15(4-5-21(20)27-28-22)16-10-19(14-25-13-16)29-6-8-31-9-7-29/h1-5,10-14H,6-9H2,(H,26,30)(H,27,28). The first-order valence-electron chi connectivity index (χ1n) is 10.0. The van der Waals surface area contributed by atoms with E-state index in [9.17, 15) is 9.18 Å². The molecule has 0 aliphatic carbocycles. The maximum absolute atomic E-state index is 13.4. The second-order valence-corrected chi connectivity index (χ2v) is 7.33.